The number of rotatable bonds is 7. The summed E-state index contributed by atoms with van der Waals surface area (Å²) in [6.45, 7) is 3.19. The summed E-state index contributed by atoms with van der Waals surface area (Å²) < 4.78 is 1.57. The molecule has 0 saturated heterocycles. The number of amides is 1. The summed E-state index contributed by atoms with van der Waals surface area (Å²) in [5.74, 6) is 0.544. The number of nitrogens with one attached hydrogen (secondary N) is 2. The molecule has 10 heteroatoms. The van der Waals surface area contributed by atoms with Crippen molar-refractivity contribution in [2.45, 2.75) is 61.8 Å². The van der Waals surface area contributed by atoms with E-state index < -0.39 is 16.5 Å². The van der Waals surface area contributed by atoms with Crippen LogP contribution in [0.3, 0.4) is 0 Å². The summed E-state index contributed by atoms with van der Waals surface area (Å²) in [6, 6.07) is 6.72. The Bertz CT molecular complexity index is 1390. The van der Waals surface area contributed by atoms with E-state index in [2.05, 4.69) is 20.3 Å². The molecule has 0 aliphatic heterocycles. The number of aromatic nitrogens is 4. The molecule has 2 aliphatic carbocycles. The highest BCUT2D eigenvalue weighted by Crippen LogP contribution is 2.41. The van der Waals surface area contributed by atoms with Crippen LogP contribution in [0.1, 0.15) is 67.7 Å². The Morgan fingerprint density at radius 3 is 2.42 bits per heavy atom. The zero-order valence-electron chi connectivity index (χ0n) is 18.3. The number of H-pyrrole nitrogens is 1. The third-order valence-electron chi connectivity index (χ3n) is 5.77. The molecule has 5 rings (SSSR count). The molecule has 2 N–H and O–H groups in total. The molecule has 2 aromatic heterocycles. The van der Waals surface area contributed by atoms with Gasteiger partial charge in [-0.2, -0.15) is 0 Å². The first-order chi connectivity index (χ1) is 15.8. The number of thioether (sulfide) groups is 1. The van der Waals surface area contributed by atoms with Crippen molar-refractivity contribution in [3.8, 4) is 0 Å². The third kappa shape index (κ3) is 4.35. The number of hydrogen-bond donors (Lipinski definition) is 2. The largest absolute Gasteiger partial charge is 0.330 e. The molecule has 170 valence electrons. The second kappa shape index (κ2) is 8.26. The van der Waals surface area contributed by atoms with Gasteiger partial charge >= 0.3 is 5.69 Å². The van der Waals surface area contributed by atoms with E-state index in [0.29, 0.717) is 27.7 Å². The highest BCUT2D eigenvalue weighted by Gasteiger charge is 2.33. The van der Waals surface area contributed by atoms with Gasteiger partial charge < -0.3 is 5.32 Å². The fourth-order valence-electron chi connectivity index (χ4n) is 3.79. The zero-order valence-corrected chi connectivity index (χ0v) is 19.1. The number of carbonyl (C=O) groups is 2. The van der Waals surface area contributed by atoms with Gasteiger partial charge in [0.25, 0.3) is 5.56 Å². The van der Waals surface area contributed by atoms with Crippen LogP contribution in [0.15, 0.2) is 38.9 Å². The van der Waals surface area contributed by atoms with Crippen molar-refractivity contribution in [1.82, 2.24) is 19.5 Å². The quantitative estimate of drug-likeness (QED) is 0.312. The lowest BCUT2D eigenvalue weighted by Crippen LogP contribution is -2.31. The van der Waals surface area contributed by atoms with E-state index in [1.54, 1.807) is 35.8 Å². The second-order valence-corrected chi connectivity index (χ2v) is 9.93. The molecule has 1 atom stereocenters. The van der Waals surface area contributed by atoms with Gasteiger partial charge in [0.1, 0.15) is 16.2 Å². The van der Waals surface area contributed by atoms with E-state index in [1.165, 1.54) is 18.7 Å². The Morgan fingerprint density at radius 2 is 1.82 bits per heavy atom. The van der Waals surface area contributed by atoms with E-state index in [4.69, 9.17) is 0 Å². The fourth-order valence-corrected chi connectivity index (χ4v) is 4.82. The first-order valence-electron chi connectivity index (χ1n) is 11.0. The highest BCUT2D eigenvalue weighted by molar-refractivity contribution is 8.00. The van der Waals surface area contributed by atoms with Crippen molar-refractivity contribution in [3.05, 3.63) is 56.5 Å². The van der Waals surface area contributed by atoms with E-state index >= 15 is 0 Å². The molecule has 0 unspecified atom stereocenters. The first-order valence-corrected chi connectivity index (χ1v) is 11.8. The lowest BCUT2D eigenvalue weighted by molar-refractivity contribution is -0.114. The van der Waals surface area contributed by atoms with Crippen LogP contribution in [-0.4, -0.2) is 36.5 Å². The van der Waals surface area contributed by atoms with Gasteiger partial charge in [-0.3, -0.25) is 23.9 Å². The average Bonchev–Trinajstić information content (AvgIpc) is 3.66. The van der Waals surface area contributed by atoms with Crippen LogP contribution in [0.2, 0.25) is 0 Å². The molecule has 0 bridgehead atoms. The number of fused-ring (bicyclic) bond motifs is 1. The lowest BCUT2D eigenvalue weighted by atomic mass is 10.1. The highest BCUT2D eigenvalue weighted by atomic mass is 32.2. The number of Topliss-reactive ketones (excluding diaryl/α,β-unsaturated/α-hetero) is 1. The summed E-state index contributed by atoms with van der Waals surface area (Å²) in [6.07, 6.45) is 3.69. The molecule has 9 nitrogen and oxygen atoms in total. The summed E-state index contributed by atoms with van der Waals surface area (Å²) in [5, 5.41) is 2.83. The Hall–Kier alpha value is -3.27. The normalized spacial score (nSPS) is 16.5. The van der Waals surface area contributed by atoms with Crippen molar-refractivity contribution in [1.29, 1.82) is 0 Å². The molecule has 2 heterocycles. The predicted octanol–water partition coefficient (Wildman–Crippen LogP) is 3.01. The van der Waals surface area contributed by atoms with Gasteiger partial charge in [-0.25, -0.2) is 14.8 Å². The fraction of sp³-hybridized carbons (Fsp3) is 0.391. The molecule has 0 radical (unpaired) electrons. The summed E-state index contributed by atoms with van der Waals surface area (Å²) >= 11 is 1.21. The van der Waals surface area contributed by atoms with Crippen molar-refractivity contribution in [2.75, 3.05) is 5.32 Å². The number of benzene rings is 1. The number of anilines is 1. The minimum absolute atomic E-state index is 0.0397. The van der Waals surface area contributed by atoms with Crippen LogP contribution in [0.4, 0.5) is 5.69 Å². The van der Waals surface area contributed by atoms with Crippen LogP contribution < -0.4 is 16.6 Å². The minimum atomic E-state index is -0.531. The van der Waals surface area contributed by atoms with Gasteiger partial charge in [0, 0.05) is 30.1 Å². The Morgan fingerprint density at radius 1 is 1.12 bits per heavy atom. The molecule has 2 aliphatic rings. The molecular formula is C23H23N5O4S. The number of hydrogen-bond acceptors (Lipinski definition) is 7. The van der Waals surface area contributed by atoms with Crippen molar-refractivity contribution < 1.29 is 9.59 Å². The van der Waals surface area contributed by atoms with Crippen LogP contribution in [-0.2, 0) is 4.79 Å². The maximum atomic E-state index is 13.1. The van der Waals surface area contributed by atoms with Crippen LogP contribution in [0.25, 0.3) is 11.0 Å². The average molecular weight is 466 g/mol. The maximum Gasteiger partial charge on any atom is 0.330 e. The Balaban J connectivity index is 1.51. The number of nitrogens with zero attached hydrogens (tertiary/aromatic N) is 3. The Labute approximate surface area is 193 Å². The lowest BCUT2D eigenvalue weighted by Gasteiger charge is -2.14. The number of ketones is 1. The molecule has 3 aromatic rings. The van der Waals surface area contributed by atoms with Gasteiger partial charge in [-0.15, -0.1) is 0 Å². The predicted molar refractivity (Wildman–Crippen MR) is 125 cm³/mol. The number of aromatic amines is 1. The topological polar surface area (TPSA) is 127 Å². The smallest absolute Gasteiger partial charge is 0.326 e. The van der Waals surface area contributed by atoms with Crippen molar-refractivity contribution >= 4 is 40.2 Å². The zero-order chi connectivity index (χ0) is 23.3. The summed E-state index contributed by atoms with van der Waals surface area (Å²) in [4.78, 5) is 61.3. The number of carbonyl (C=O) groups excluding carboxylic acids is 2. The van der Waals surface area contributed by atoms with E-state index in [1.807, 2.05) is 0 Å². The summed E-state index contributed by atoms with van der Waals surface area (Å²) in [5.41, 5.74) is 0.490. The van der Waals surface area contributed by atoms with Gasteiger partial charge in [-0.05, 0) is 56.9 Å². The molecular weight excluding hydrogens is 442 g/mol. The maximum absolute atomic E-state index is 13.1. The van der Waals surface area contributed by atoms with Crippen LogP contribution in [0, 0.1) is 0 Å². The molecule has 2 fully saturated rings. The van der Waals surface area contributed by atoms with E-state index in [0.717, 1.165) is 25.7 Å². The Kier molecular flexibility index (Phi) is 5.40. The summed E-state index contributed by atoms with van der Waals surface area (Å²) in [7, 11) is 0. The SMILES string of the molecule is CC(=O)Nc1ccc(C(=O)[C@@H](C)Sc2nc(C3CC3)nc3c2c(=O)[nH]c(=O)n3C2CC2)cc1. The molecule has 1 aromatic carbocycles. The van der Waals surface area contributed by atoms with Crippen LogP contribution >= 0.6 is 11.8 Å². The van der Waals surface area contributed by atoms with E-state index in [-0.39, 0.29) is 29.0 Å². The van der Waals surface area contributed by atoms with E-state index in [9.17, 15) is 19.2 Å². The van der Waals surface area contributed by atoms with Crippen molar-refractivity contribution in [3.63, 3.8) is 0 Å². The van der Waals surface area contributed by atoms with Crippen molar-refractivity contribution in [2.24, 2.45) is 0 Å². The first kappa shape index (κ1) is 21.6. The molecule has 0 spiro atoms. The van der Waals surface area contributed by atoms with Gasteiger partial charge in [0.15, 0.2) is 11.4 Å². The molecule has 1 amide bonds. The van der Waals surface area contributed by atoms with Gasteiger partial charge in [0.2, 0.25) is 5.91 Å². The van der Waals surface area contributed by atoms with Crippen LogP contribution in [0.5, 0.6) is 0 Å². The second-order valence-electron chi connectivity index (χ2n) is 8.60. The van der Waals surface area contributed by atoms with Gasteiger partial charge in [0.05, 0.1) is 5.25 Å². The molecule has 2 saturated carbocycles. The molecule has 33 heavy (non-hydrogen) atoms. The third-order valence-corrected chi connectivity index (χ3v) is 6.86. The minimum Gasteiger partial charge on any atom is -0.326 e. The van der Waals surface area contributed by atoms with Gasteiger partial charge in [-0.1, -0.05) is 11.8 Å². The standard InChI is InChI=1S/C23H23N5O4S/c1-11(18(30)13-5-7-15(8-6-13)24-12(2)29)33-22-17-20(25-19(26-22)14-3-4-14)28(16-9-10-16)23(32)27-21(17)31/h5-8,11,14,16H,3-4,9-10H2,1-2H3,(H,24,29)(H,27,31,32)/t11-/m1/s1. The monoisotopic (exact) mass is 465 g/mol.